The highest BCUT2D eigenvalue weighted by atomic mass is 16.5. The molecule has 0 saturated carbocycles. The van der Waals surface area contributed by atoms with Crippen LogP contribution in [0.25, 0.3) is 0 Å². The molecule has 0 amide bonds. The molecule has 0 aromatic rings. The summed E-state index contributed by atoms with van der Waals surface area (Å²) in [7, 11) is 0. The number of ether oxygens (including phenoxy) is 2. The first kappa shape index (κ1) is 12.7. The van der Waals surface area contributed by atoms with E-state index in [0.29, 0.717) is 13.2 Å². The maximum absolute atomic E-state index is 5.37. The second kappa shape index (κ2) is 9.75. The van der Waals surface area contributed by atoms with Crippen molar-refractivity contribution in [2.24, 2.45) is 0 Å². The minimum Gasteiger partial charge on any atom is -0.379 e. The first-order chi connectivity index (χ1) is 6.31. The van der Waals surface area contributed by atoms with Gasteiger partial charge in [0.05, 0.1) is 19.3 Å². The number of rotatable bonds is 9. The molecule has 0 fully saturated rings. The Labute approximate surface area is 81.9 Å². The fourth-order valence-electron chi connectivity index (χ4n) is 0.917. The molecule has 1 atom stereocenters. The summed E-state index contributed by atoms with van der Waals surface area (Å²) in [6.45, 7) is 10.0. The van der Waals surface area contributed by atoms with Crippen molar-refractivity contribution in [3.8, 4) is 0 Å². The molecule has 0 saturated heterocycles. The van der Waals surface area contributed by atoms with Crippen LogP contribution in [0.1, 0.15) is 33.1 Å². The summed E-state index contributed by atoms with van der Waals surface area (Å²) in [4.78, 5) is 0. The third kappa shape index (κ3) is 9.57. The van der Waals surface area contributed by atoms with Crippen LogP contribution in [0, 0.1) is 0 Å². The smallest absolute Gasteiger partial charge is 0.0726 e. The average molecular weight is 186 g/mol. The number of hydrogen-bond donors (Lipinski definition) is 0. The summed E-state index contributed by atoms with van der Waals surface area (Å²) in [6.07, 6.45) is 5.58. The first-order valence-corrected chi connectivity index (χ1v) is 5.13. The third-order valence-electron chi connectivity index (χ3n) is 1.83. The maximum atomic E-state index is 5.37. The van der Waals surface area contributed by atoms with Gasteiger partial charge in [-0.05, 0) is 13.3 Å². The van der Waals surface area contributed by atoms with Crippen LogP contribution in [-0.4, -0.2) is 25.9 Å². The second-order valence-electron chi connectivity index (χ2n) is 3.13. The van der Waals surface area contributed by atoms with E-state index in [-0.39, 0.29) is 6.10 Å². The minimum absolute atomic E-state index is 0.138. The largest absolute Gasteiger partial charge is 0.379 e. The lowest BCUT2D eigenvalue weighted by atomic mass is 10.3. The maximum Gasteiger partial charge on any atom is 0.0726 e. The molecule has 0 N–H and O–H groups in total. The third-order valence-corrected chi connectivity index (χ3v) is 1.83. The van der Waals surface area contributed by atoms with Crippen molar-refractivity contribution in [1.29, 1.82) is 0 Å². The molecule has 1 unspecified atom stereocenters. The van der Waals surface area contributed by atoms with Gasteiger partial charge in [0.2, 0.25) is 0 Å². The molecule has 0 radical (unpaired) electrons. The lowest BCUT2D eigenvalue weighted by molar-refractivity contribution is 0.0287. The Morgan fingerprint density at radius 2 is 2.00 bits per heavy atom. The number of unbranched alkanes of at least 4 members (excludes halogenated alkanes) is 2. The van der Waals surface area contributed by atoms with Crippen LogP contribution >= 0.6 is 0 Å². The second-order valence-corrected chi connectivity index (χ2v) is 3.13. The van der Waals surface area contributed by atoms with Crippen LogP contribution in [0.15, 0.2) is 12.7 Å². The van der Waals surface area contributed by atoms with E-state index in [1.54, 1.807) is 6.08 Å². The highest BCUT2D eigenvalue weighted by Gasteiger charge is 1.94. The van der Waals surface area contributed by atoms with Gasteiger partial charge < -0.3 is 9.47 Å². The van der Waals surface area contributed by atoms with E-state index < -0.39 is 0 Å². The summed E-state index contributed by atoms with van der Waals surface area (Å²) in [6, 6.07) is 0. The van der Waals surface area contributed by atoms with Crippen molar-refractivity contribution < 1.29 is 9.47 Å². The van der Waals surface area contributed by atoms with Gasteiger partial charge in [-0.1, -0.05) is 25.8 Å². The quantitative estimate of drug-likeness (QED) is 0.407. The van der Waals surface area contributed by atoms with Crippen LogP contribution in [0.4, 0.5) is 0 Å². The standard InChI is InChI=1S/C11H22O2/c1-4-6-7-8-12-9-10-13-11(3)5-2/h5,11H,2,4,6-10H2,1,3H3. The SMILES string of the molecule is C=CC(C)OCCOCCCCC. The summed E-state index contributed by atoms with van der Waals surface area (Å²) >= 11 is 0. The Morgan fingerprint density at radius 3 is 2.62 bits per heavy atom. The van der Waals surface area contributed by atoms with Gasteiger partial charge in [0, 0.05) is 6.61 Å². The molecule has 0 aromatic heterocycles. The topological polar surface area (TPSA) is 18.5 Å². The monoisotopic (exact) mass is 186 g/mol. The molecule has 2 heteroatoms. The van der Waals surface area contributed by atoms with Crippen molar-refractivity contribution in [3.63, 3.8) is 0 Å². The van der Waals surface area contributed by atoms with E-state index in [4.69, 9.17) is 9.47 Å². The minimum atomic E-state index is 0.138. The molecule has 0 aromatic carbocycles. The summed E-state index contributed by atoms with van der Waals surface area (Å²) in [5.41, 5.74) is 0. The lowest BCUT2D eigenvalue weighted by Crippen LogP contribution is -2.10. The van der Waals surface area contributed by atoms with Crippen molar-refractivity contribution in [2.45, 2.75) is 39.2 Å². The molecule has 0 aliphatic heterocycles. The fourth-order valence-corrected chi connectivity index (χ4v) is 0.917. The summed E-state index contributed by atoms with van der Waals surface area (Å²) < 4.78 is 10.7. The highest BCUT2D eigenvalue weighted by Crippen LogP contribution is 1.95. The van der Waals surface area contributed by atoms with E-state index in [2.05, 4.69) is 13.5 Å². The Kier molecular flexibility index (Phi) is 9.49. The molecule has 0 rings (SSSR count). The van der Waals surface area contributed by atoms with Crippen molar-refractivity contribution in [3.05, 3.63) is 12.7 Å². The molecule has 0 spiro atoms. The molecule has 2 nitrogen and oxygen atoms in total. The molecule has 0 heterocycles. The molecule has 0 aliphatic rings. The van der Waals surface area contributed by atoms with Gasteiger partial charge in [0.25, 0.3) is 0 Å². The van der Waals surface area contributed by atoms with E-state index in [9.17, 15) is 0 Å². The predicted molar refractivity (Wildman–Crippen MR) is 56.0 cm³/mol. The van der Waals surface area contributed by atoms with Gasteiger partial charge in [0.15, 0.2) is 0 Å². The zero-order valence-electron chi connectivity index (χ0n) is 8.92. The Hall–Kier alpha value is -0.340. The van der Waals surface area contributed by atoms with Gasteiger partial charge in [-0.25, -0.2) is 0 Å². The van der Waals surface area contributed by atoms with Crippen molar-refractivity contribution in [1.82, 2.24) is 0 Å². The molecule has 0 bridgehead atoms. The fraction of sp³-hybridized carbons (Fsp3) is 0.818. The van der Waals surface area contributed by atoms with Crippen LogP contribution in [0.3, 0.4) is 0 Å². The molecular weight excluding hydrogens is 164 g/mol. The predicted octanol–water partition coefficient (Wildman–Crippen LogP) is 2.78. The molecule has 13 heavy (non-hydrogen) atoms. The summed E-state index contributed by atoms with van der Waals surface area (Å²) in [5, 5.41) is 0. The zero-order valence-corrected chi connectivity index (χ0v) is 8.92. The Bertz CT molecular complexity index is 113. The van der Waals surface area contributed by atoms with E-state index >= 15 is 0 Å². The van der Waals surface area contributed by atoms with Gasteiger partial charge in [-0.2, -0.15) is 0 Å². The first-order valence-electron chi connectivity index (χ1n) is 5.13. The Balaban J connectivity index is 2.95. The normalized spacial score (nSPS) is 12.8. The summed E-state index contributed by atoms with van der Waals surface area (Å²) in [5.74, 6) is 0. The van der Waals surface area contributed by atoms with Crippen molar-refractivity contribution in [2.75, 3.05) is 19.8 Å². The van der Waals surface area contributed by atoms with E-state index in [1.807, 2.05) is 6.92 Å². The molecule has 0 aliphatic carbocycles. The molecule has 78 valence electrons. The van der Waals surface area contributed by atoms with Crippen LogP contribution in [0.5, 0.6) is 0 Å². The van der Waals surface area contributed by atoms with Crippen LogP contribution in [-0.2, 0) is 9.47 Å². The molecular formula is C11H22O2. The van der Waals surface area contributed by atoms with Crippen LogP contribution < -0.4 is 0 Å². The number of hydrogen-bond acceptors (Lipinski definition) is 2. The van der Waals surface area contributed by atoms with Gasteiger partial charge >= 0.3 is 0 Å². The van der Waals surface area contributed by atoms with Crippen LogP contribution in [0.2, 0.25) is 0 Å². The lowest BCUT2D eigenvalue weighted by Gasteiger charge is -2.08. The van der Waals surface area contributed by atoms with Gasteiger partial charge in [-0.3, -0.25) is 0 Å². The van der Waals surface area contributed by atoms with E-state index in [1.165, 1.54) is 12.8 Å². The van der Waals surface area contributed by atoms with Gasteiger partial charge in [0.1, 0.15) is 0 Å². The van der Waals surface area contributed by atoms with Crippen molar-refractivity contribution >= 4 is 0 Å². The zero-order chi connectivity index (χ0) is 9.94. The van der Waals surface area contributed by atoms with Gasteiger partial charge in [-0.15, -0.1) is 6.58 Å². The Morgan fingerprint density at radius 1 is 1.23 bits per heavy atom. The highest BCUT2D eigenvalue weighted by molar-refractivity contribution is 4.74. The van der Waals surface area contributed by atoms with E-state index in [0.717, 1.165) is 13.0 Å². The average Bonchev–Trinajstić information content (AvgIpc) is 2.16.